The molecule has 1 aromatic heterocycles. The maximum Gasteiger partial charge on any atom is 0.253 e. The van der Waals surface area contributed by atoms with Crippen LogP contribution in [0.25, 0.3) is 0 Å². The van der Waals surface area contributed by atoms with E-state index < -0.39 is 15.7 Å². The third-order valence-electron chi connectivity index (χ3n) is 3.14. The number of hydrogen-bond acceptors (Lipinski definition) is 4. The van der Waals surface area contributed by atoms with Crippen LogP contribution >= 0.6 is 11.6 Å². The van der Waals surface area contributed by atoms with E-state index in [0.29, 0.717) is 0 Å². The quantitative estimate of drug-likeness (QED) is 0.928. The average molecular weight is 339 g/mol. The highest BCUT2D eigenvalue weighted by Crippen LogP contribution is 2.20. The van der Waals surface area contributed by atoms with Crippen LogP contribution < -0.4 is 5.32 Å². The van der Waals surface area contributed by atoms with Crippen molar-refractivity contribution >= 4 is 27.3 Å². The summed E-state index contributed by atoms with van der Waals surface area (Å²) in [5.41, 5.74) is 1.82. The molecule has 0 bridgehead atoms. The molecular formula is C15H15ClN2O3S. The third kappa shape index (κ3) is 3.84. The number of nitrogens with zero attached hydrogens (tertiary/aromatic N) is 1. The smallest absolute Gasteiger partial charge is 0.253 e. The summed E-state index contributed by atoms with van der Waals surface area (Å²) in [7, 11) is -3.40. The first-order valence-electron chi connectivity index (χ1n) is 6.47. The van der Waals surface area contributed by atoms with Crippen molar-refractivity contribution in [2.75, 3.05) is 6.26 Å². The number of carbonyl (C=O) groups excluding carboxylic acids is 1. The van der Waals surface area contributed by atoms with Crippen molar-refractivity contribution in [2.24, 2.45) is 0 Å². The molecule has 1 aromatic carbocycles. The van der Waals surface area contributed by atoms with E-state index >= 15 is 0 Å². The fraction of sp³-hybridized carbons (Fsp3) is 0.200. The molecule has 0 aliphatic heterocycles. The third-order valence-corrected chi connectivity index (χ3v) is 4.58. The Morgan fingerprint density at radius 2 is 2.05 bits per heavy atom. The minimum atomic E-state index is -3.40. The highest BCUT2D eigenvalue weighted by atomic mass is 35.5. The molecule has 0 saturated carbocycles. The summed E-state index contributed by atoms with van der Waals surface area (Å²) in [4.78, 5) is 16.4. The largest absolute Gasteiger partial charge is 0.346 e. The van der Waals surface area contributed by atoms with Crippen LogP contribution in [-0.4, -0.2) is 25.6 Å². The first kappa shape index (κ1) is 16.5. The Labute approximate surface area is 134 Å². The molecule has 1 N–H and O–H groups in total. The molecule has 5 nitrogen and oxygen atoms in total. The molecule has 0 fully saturated rings. The summed E-state index contributed by atoms with van der Waals surface area (Å²) in [6, 6.07) is 7.76. The first-order chi connectivity index (χ1) is 10.3. The van der Waals surface area contributed by atoms with Crippen LogP contribution in [-0.2, 0) is 16.4 Å². The summed E-state index contributed by atoms with van der Waals surface area (Å²) >= 11 is 5.98. The standard InChI is InChI=1S/C15H15ClN2O3S/c1-10-4-3-7-17-14(10)9-18-15(19)12-8-11(22(2,20)21)5-6-13(12)16/h3-8H,9H2,1-2H3,(H,18,19). The Bertz CT molecular complexity index is 819. The van der Waals surface area contributed by atoms with E-state index in [1.165, 1.54) is 18.2 Å². The number of benzene rings is 1. The van der Waals surface area contributed by atoms with Gasteiger partial charge in [0.25, 0.3) is 5.91 Å². The highest BCUT2D eigenvalue weighted by molar-refractivity contribution is 7.90. The molecule has 0 radical (unpaired) electrons. The van der Waals surface area contributed by atoms with Gasteiger partial charge in [0.05, 0.1) is 27.7 Å². The summed E-state index contributed by atoms with van der Waals surface area (Å²) in [6.07, 6.45) is 2.72. The van der Waals surface area contributed by atoms with E-state index in [2.05, 4.69) is 10.3 Å². The van der Waals surface area contributed by atoms with Crippen LogP contribution in [0, 0.1) is 6.92 Å². The van der Waals surface area contributed by atoms with E-state index in [-0.39, 0.29) is 22.0 Å². The minimum absolute atomic E-state index is 0.0519. The van der Waals surface area contributed by atoms with Gasteiger partial charge < -0.3 is 5.32 Å². The highest BCUT2D eigenvalue weighted by Gasteiger charge is 2.15. The van der Waals surface area contributed by atoms with E-state index in [9.17, 15) is 13.2 Å². The Morgan fingerprint density at radius 1 is 1.32 bits per heavy atom. The molecule has 2 rings (SSSR count). The van der Waals surface area contributed by atoms with E-state index in [1.54, 1.807) is 6.20 Å². The topological polar surface area (TPSA) is 76.1 Å². The zero-order valence-corrected chi connectivity index (χ0v) is 13.7. The molecule has 2 aromatic rings. The van der Waals surface area contributed by atoms with Crippen molar-refractivity contribution in [3.63, 3.8) is 0 Å². The Kier molecular flexibility index (Phi) is 4.83. The minimum Gasteiger partial charge on any atom is -0.346 e. The number of aromatic nitrogens is 1. The van der Waals surface area contributed by atoms with Crippen molar-refractivity contribution in [2.45, 2.75) is 18.4 Å². The second-order valence-electron chi connectivity index (χ2n) is 4.86. The number of rotatable bonds is 4. The average Bonchev–Trinajstić information content (AvgIpc) is 2.45. The number of sulfone groups is 1. The monoisotopic (exact) mass is 338 g/mol. The van der Waals surface area contributed by atoms with Gasteiger partial charge in [-0.25, -0.2) is 8.42 Å². The molecule has 116 valence electrons. The Balaban J connectivity index is 2.21. The zero-order chi connectivity index (χ0) is 16.3. The molecule has 1 amide bonds. The van der Waals surface area contributed by atoms with Crippen molar-refractivity contribution in [1.82, 2.24) is 10.3 Å². The lowest BCUT2D eigenvalue weighted by Crippen LogP contribution is -2.24. The number of pyridine rings is 1. The molecule has 0 saturated heterocycles. The lowest BCUT2D eigenvalue weighted by atomic mass is 10.2. The Morgan fingerprint density at radius 3 is 2.68 bits per heavy atom. The molecule has 0 aliphatic rings. The number of carbonyl (C=O) groups is 1. The lowest BCUT2D eigenvalue weighted by Gasteiger charge is -2.09. The fourth-order valence-corrected chi connectivity index (χ4v) is 2.72. The van der Waals surface area contributed by atoms with Crippen LogP contribution in [0.4, 0.5) is 0 Å². The van der Waals surface area contributed by atoms with Gasteiger partial charge in [0.15, 0.2) is 9.84 Å². The van der Waals surface area contributed by atoms with Crippen LogP contribution in [0.1, 0.15) is 21.6 Å². The zero-order valence-electron chi connectivity index (χ0n) is 12.1. The molecule has 0 spiro atoms. The number of aryl methyl sites for hydroxylation is 1. The summed E-state index contributed by atoms with van der Waals surface area (Å²) < 4.78 is 23.1. The van der Waals surface area contributed by atoms with Gasteiger partial charge in [0.2, 0.25) is 0 Å². The number of amides is 1. The molecular weight excluding hydrogens is 324 g/mol. The summed E-state index contributed by atoms with van der Waals surface area (Å²) in [6.45, 7) is 2.14. The molecule has 7 heteroatoms. The van der Waals surface area contributed by atoms with Crippen molar-refractivity contribution < 1.29 is 13.2 Å². The first-order valence-corrected chi connectivity index (χ1v) is 8.74. The second kappa shape index (κ2) is 6.46. The fourth-order valence-electron chi connectivity index (χ4n) is 1.87. The molecule has 1 heterocycles. The maximum absolute atomic E-state index is 12.2. The van der Waals surface area contributed by atoms with Crippen molar-refractivity contribution in [1.29, 1.82) is 0 Å². The molecule has 0 atom stereocenters. The number of nitrogens with one attached hydrogen (secondary N) is 1. The van der Waals surface area contributed by atoms with Gasteiger partial charge in [0, 0.05) is 12.5 Å². The SMILES string of the molecule is Cc1cccnc1CNC(=O)c1cc(S(C)(=O)=O)ccc1Cl. The van der Waals surface area contributed by atoms with Gasteiger partial charge in [-0.05, 0) is 36.8 Å². The van der Waals surface area contributed by atoms with Gasteiger partial charge in [-0.15, -0.1) is 0 Å². The van der Waals surface area contributed by atoms with Gasteiger partial charge in [-0.3, -0.25) is 9.78 Å². The van der Waals surface area contributed by atoms with Gasteiger partial charge >= 0.3 is 0 Å². The second-order valence-corrected chi connectivity index (χ2v) is 7.29. The summed E-state index contributed by atoms with van der Waals surface area (Å²) in [5, 5.41) is 2.89. The van der Waals surface area contributed by atoms with Crippen LogP contribution in [0.15, 0.2) is 41.4 Å². The molecule has 22 heavy (non-hydrogen) atoms. The number of halogens is 1. The summed E-state index contributed by atoms with van der Waals surface area (Å²) in [5.74, 6) is -0.444. The maximum atomic E-state index is 12.2. The molecule has 0 aliphatic carbocycles. The van der Waals surface area contributed by atoms with E-state index in [0.717, 1.165) is 17.5 Å². The van der Waals surface area contributed by atoms with Crippen LogP contribution in [0.2, 0.25) is 5.02 Å². The van der Waals surface area contributed by atoms with E-state index in [1.807, 2.05) is 19.1 Å². The van der Waals surface area contributed by atoms with E-state index in [4.69, 9.17) is 11.6 Å². The lowest BCUT2D eigenvalue weighted by molar-refractivity contribution is 0.0950. The van der Waals surface area contributed by atoms with Crippen LogP contribution in [0.5, 0.6) is 0 Å². The van der Waals surface area contributed by atoms with Gasteiger partial charge in [-0.2, -0.15) is 0 Å². The van der Waals surface area contributed by atoms with Crippen molar-refractivity contribution in [3.8, 4) is 0 Å². The van der Waals surface area contributed by atoms with Gasteiger partial charge in [-0.1, -0.05) is 17.7 Å². The Hall–Kier alpha value is -1.92. The van der Waals surface area contributed by atoms with Crippen molar-refractivity contribution in [3.05, 3.63) is 58.4 Å². The van der Waals surface area contributed by atoms with Gasteiger partial charge in [0.1, 0.15) is 0 Å². The number of hydrogen-bond donors (Lipinski definition) is 1. The predicted molar refractivity (Wildman–Crippen MR) is 84.7 cm³/mol. The molecule has 0 unspecified atom stereocenters. The van der Waals surface area contributed by atoms with Crippen LogP contribution in [0.3, 0.4) is 0 Å². The normalized spacial score (nSPS) is 11.2. The predicted octanol–water partition coefficient (Wildman–Crippen LogP) is 2.38.